The van der Waals surface area contributed by atoms with E-state index in [2.05, 4.69) is 37.2 Å². The molecule has 0 aliphatic heterocycles. The predicted octanol–water partition coefficient (Wildman–Crippen LogP) is 2.53. The number of methoxy groups -OCH3 is 1. The molecule has 1 aromatic rings. The van der Waals surface area contributed by atoms with Gasteiger partial charge in [0.05, 0.1) is 7.11 Å². The van der Waals surface area contributed by atoms with E-state index in [1.54, 1.807) is 7.11 Å². The van der Waals surface area contributed by atoms with E-state index in [-0.39, 0.29) is 5.54 Å². The summed E-state index contributed by atoms with van der Waals surface area (Å²) in [4.78, 5) is 2.21. The van der Waals surface area contributed by atoms with Gasteiger partial charge in [0, 0.05) is 17.6 Å². The molecule has 0 heterocycles. The summed E-state index contributed by atoms with van der Waals surface area (Å²) in [5.74, 6) is 0.943. The topological polar surface area (TPSA) is 38.5 Å². The lowest BCUT2D eigenvalue weighted by Crippen LogP contribution is -2.33. The molecule has 1 aromatic carbocycles. The number of ether oxygens (including phenoxy) is 1. The maximum atomic E-state index is 6.59. The second-order valence-electron chi connectivity index (χ2n) is 5.95. The molecule has 0 bridgehead atoms. The Hall–Kier alpha value is -1.06. The van der Waals surface area contributed by atoms with Gasteiger partial charge in [-0.05, 0) is 45.0 Å². The van der Waals surface area contributed by atoms with Gasteiger partial charge in [0.15, 0.2) is 0 Å². The smallest absolute Gasteiger partial charge is 0.123 e. The van der Waals surface area contributed by atoms with Gasteiger partial charge in [-0.25, -0.2) is 0 Å². The number of hydrogen-bond acceptors (Lipinski definition) is 3. The molecule has 0 aromatic heterocycles. The zero-order chi connectivity index (χ0) is 13.9. The van der Waals surface area contributed by atoms with Crippen LogP contribution in [-0.4, -0.2) is 32.6 Å². The zero-order valence-corrected chi connectivity index (χ0v) is 12.4. The lowest BCUT2D eigenvalue weighted by molar-refractivity contribution is 0.378. The molecule has 2 N–H and O–H groups in total. The molecule has 0 spiro atoms. The molecule has 1 fully saturated rings. The number of nitrogens with two attached hydrogens (primary N) is 1. The van der Waals surface area contributed by atoms with Crippen molar-refractivity contribution < 1.29 is 4.74 Å². The van der Waals surface area contributed by atoms with Crippen molar-refractivity contribution in [3.63, 3.8) is 0 Å². The predicted molar refractivity (Wildman–Crippen MR) is 79.6 cm³/mol. The van der Waals surface area contributed by atoms with Crippen molar-refractivity contribution in [3.8, 4) is 5.75 Å². The first-order valence-corrected chi connectivity index (χ1v) is 7.16. The van der Waals surface area contributed by atoms with Crippen LogP contribution >= 0.6 is 0 Å². The van der Waals surface area contributed by atoms with Crippen LogP contribution in [0.15, 0.2) is 18.2 Å². The van der Waals surface area contributed by atoms with E-state index in [1.807, 2.05) is 0 Å². The van der Waals surface area contributed by atoms with Gasteiger partial charge in [-0.15, -0.1) is 0 Å². The van der Waals surface area contributed by atoms with Crippen molar-refractivity contribution in [2.45, 2.75) is 37.6 Å². The molecule has 1 aliphatic carbocycles. The summed E-state index contributed by atoms with van der Waals surface area (Å²) in [6.07, 6.45) is 5.64. The second-order valence-corrected chi connectivity index (χ2v) is 5.95. The lowest BCUT2D eigenvalue weighted by atomic mass is 9.87. The number of nitrogens with zero attached hydrogens (tertiary/aromatic N) is 1. The van der Waals surface area contributed by atoms with Gasteiger partial charge < -0.3 is 15.4 Å². The molecule has 0 atom stereocenters. The summed E-state index contributed by atoms with van der Waals surface area (Å²) < 4.78 is 5.51. The molecule has 0 radical (unpaired) electrons. The lowest BCUT2D eigenvalue weighted by Gasteiger charge is -2.27. The average molecular weight is 262 g/mol. The molecule has 106 valence electrons. The van der Waals surface area contributed by atoms with Crippen LogP contribution < -0.4 is 10.5 Å². The van der Waals surface area contributed by atoms with Crippen LogP contribution in [0.2, 0.25) is 0 Å². The Labute approximate surface area is 116 Å². The minimum atomic E-state index is -0.181. The maximum absolute atomic E-state index is 6.59. The second kappa shape index (κ2) is 5.93. The van der Waals surface area contributed by atoms with E-state index in [0.717, 1.165) is 31.6 Å². The van der Waals surface area contributed by atoms with E-state index in [4.69, 9.17) is 10.5 Å². The number of hydrogen-bond donors (Lipinski definition) is 1. The molecule has 0 unspecified atom stereocenters. The van der Waals surface area contributed by atoms with Crippen molar-refractivity contribution in [1.82, 2.24) is 4.90 Å². The first kappa shape index (κ1) is 14.4. The standard InChI is InChI=1S/C16H26N2O/c1-18(2)11-8-13-6-7-15(19-3)14(12-13)16(17)9-4-5-10-16/h6-7,12H,4-5,8-11,17H2,1-3H3. The van der Waals surface area contributed by atoms with Crippen LogP contribution in [-0.2, 0) is 12.0 Å². The van der Waals surface area contributed by atoms with Gasteiger partial charge in [-0.2, -0.15) is 0 Å². The quantitative estimate of drug-likeness (QED) is 0.886. The molecule has 3 nitrogen and oxygen atoms in total. The molecule has 19 heavy (non-hydrogen) atoms. The number of likely N-dealkylation sites (N-methyl/N-ethyl adjacent to an activating group) is 1. The SMILES string of the molecule is COc1ccc(CCN(C)C)cc1C1(N)CCCC1. The number of benzene rings is 1. The third kappa shape index (κ3) is 3.28. The number of rotatable bonds is 5. The van der Waals surface area contributed by atoms with Gasteiger partial charge >= 0.3 is 0 Å². The molecule has 3 heteroatoms. The zero-order valence-electron chi connectivity index (χ0n) is 12.4. The molecule has 1 saturated carbocycles. The molecule has 2 rings (SSSR count). The molecule has 0 saturated heterocycles. The van der Waals surface area contributed by atoms with Crippen LogP contribution in [0.5, 0.6) is 5.75 Å². The Kier molecular flexibility index (Phi) is 4.48. The maximum Gasteiger partial charge on any atom is 0.123 e. The summed E-state index contributed by atoms with van der Waals surface area (Å²) >= 11 is 0. The van der Waals surface area contributed by atoms with Crippen molar-refractivity contribution in [2.75, 3.05) is 27.7 Å². The minimum absolute atomic E-state index is 0.181. The van der Waals surface area contributed by atoms with Crippen LogP contribution in [0, 0.1) is 0 Å². The van der Waals surface area contributed by atoms with Crippen LogP contribution in [0.25, 0.3) is 0 Å². The minimum Gasteiger partial charge on any atom is -0.496 e. The van der Waals surface area contributed by atoms with Gasteiger partial charge in [0.2, 0.25) is 0 Å². The highest BCUT2D eigenvalue weighted by Gasteiger charge is 2.33. The van der Waals surface area contributed by atoms with E-state index in [9.17, 15) is 0 Å². The van der Waals surface area contributed by atoms with E-state index < -0.39 is 0 Å². The monoisotopic (exact) mass is 262 g/mol. The fourth-order valence-corrected chi connectivity index (χ4v) is 2.93. The van der Waals surface area contributed by atoms with Crippen molar-refractivity contribution >= 4 is 0 Å². The first-order valence-electron chi connectivity index (χ1n) is 7.16. The van der Waals surface area contributed by atoms with Crippen LogP contribution in [0.4, 0.5) is 0 Å². The Balaban J connectivity index is 2.26. The largest absolute Gasteiger partial charge is 0.496 e. The third-order valence-corrected chi connectivity index (χ3v) is 4.14. The molecule has 0 amide bonds. The normalized spacial score (nSPS) is 17.9. The van der Waals surface area contributed by atoms with E-state index in [1.165, 1.54) is 24.0 Å². The summed E-state index contributed by atoms with van der Waals surface area (Å²) in [7, 11) is 5.94. The molecular weight excluding hydrogens is 236 g/mol. The van der Waals surface area contributed by atoms with Gasteiger partial charge in [0.25, 0.3) is 0 Å². The summed E-state index contributed by atoms with van der Waals surface area (Å²) in [6, 6.07) is 6.49. The fourth-order valence-electron chi connectivity index (χ4n) is 2.93. The van der Waals surface area contributed by atoms with Gasteiger partial charge in [-0.3, -0.25) is 0 Å². The molecular formula is C16H26N2O. The highest BCUT2D eigenvalue weighted by Crippen LogP contribution is 2.40. The Morgan fingerprint density at radius 2 is 1.95 bits per heavy atom. The fraction of sp³-hybridized carbons (Fsp3) is 0.625. The Morgan fingerprint density at radius 1 is 1.26 bits per heavy atom. The average Bonchev–Trinajstić information content (AvgIpc) is 2.84. The first-order chi connectivity index (χ1) is 9.05. The Bertz CT molecular complexity index is 423. The van der Waals surface area contributed by atoms with E-state index >= 15 is 0 Å². The third-order valence-electron chi connectivity index (χ3n) is 4.14. The summed E-state index contributed by atoms with van der Waals surface area (Å²) in [6.45, 7) is 1.06. The van der Waals surface area contributed by atoms with Crippen molar-refractivity contribution in [1.29, 1.82) is 0 Å². The summed E-state index contributed by atoms with van der Waals surface area (Å²) in [5, 5.41) is 0. The Morgan fingerprint density at radius 3 is 2.53 bits per heavy atom. The van der Waals surface area contributed by atoms with Gasteiger partial charge in [0.1, 0.15) is 5.75 Å². The van der Waals surface area contributed by atoms with Crippen LogP contribution in [0.1, 0.15) is 36.8 Å². The molecule has 1 aliphatic rings. The highest BCUT2D eigenvalue weighted by molar-refractivity contribution is 5.42. The van der Waals surface area contributed by atoms with E-state index in [0.29, 0.717) is 0 Å². The van der Waals surface area contributed by atoms with Crippen LogP contribution in [0.3, 0.4) is 0 Å². The van der Waals surface area contributed by atoms with Crippen molar-refractivity contribution in [3.05, 3.63) is 29.3 Å². The van der Waals surface area contributed by atoms with Gasteiger partial charge in [-0.1, -0.05) is 25.0 Å². The highest BCUT2D eigenvalue weighted by atomic mass is 16.5. The van der Waals surface area contributed by atoms with Crippen molar-refractivity contribution in [2.24, 2.45) is 5.73 Å². The summed E-state index contributed by atoms with van der Waals surface area (Å²) in [5.41, 5.74) is 8.96.